The Balaban J connectivity index is 1.60. The molecule has 0 aliphatic carbocycles. The Morgan fingerprint density at radius 1 is 0.879 bits per heavy atom. The lowest BCUT2D eigenvalue weighted by Crippen LogP contribution is -2.46. The highest BCUT2D eigenvalue weighted by Gasteiger charge is 2.52. The van der Waals surface area contributed by atoms with E-state index in [-0.39, 0.29) is 6.42 Å². The number of rotatable bonds is 6. The van der Waals surface area contributed by atoms with Crippen LogP contribution in [0.2, 0.25) is 0 Å². The van der Waals surface area contributed by atoms with E-state index < -0.39 is 53.1 Å². The zero-order valence-electron chi connectivity index (χ0n) is 17.1. The Kier molecular flexibility index (Phi) is 5.87. The molecule has 6 nitrogen and oxygen atoms in total. The van der Waals surface area contributed by atoms with Gasteiger partial charge in [0.25, 0.3) is 5.91 Å². The molecule has 0 radical (unpaired) electrons. The average Bonchev–Trinajstić information content (AvgIpc) is 3.05. The zero-order valence-corrected chi connectivity index (χ0v) is 17.1. The number of benzene rings is 3. The number of carbonyl (C=O) groups excluding carboxylic acids is 3. The minimum Gasteiger partial charge on any atom is -0.322 e. The van der Waals surface area contributed by atoms with Gasteiger partial charge in [-0.05, 0) is 23.3 Å². The van der Waals surface area contributed by atoms with Crippen LogP contribution in [0.5, 0.6) is 0 Å². The summed E-state index contributed by atoms with van der Waals surface area (Å²) in [6.07, 6.45) is 0.137. The summed E-state index contributed by atoms with van der Waals surface area (Å²) in [5.41, 5.74) is -0.746. The summed E-state index contributed by atoms with van der Waals surface area (Å²) in [6.45, 7) is -0.744. The van der Waals surface area contributed by atoms with Crippen LogP contribution < -0.4 is 10.6 Å². The molecule has 1 aliphatic heterocycles. The Morgan fingerprint density at radius 2 is 1.52 bits per heavy atom. The maximum Gasteiger partial charge on any atom is 0.325 e. The molecule has 0 spiro atoms. The maximum atomic E-state index is 13.9. The number of nitrogens with one attached hydrogen (secondary N) is 2. The van der Waals surface area contributed by atoms with Gasteiger partial charge in [-0.1, -0.05) is 60.7 Å². The summed E-state index contributed by atoms with van der Waals surface area (Å²) in [6, 6.07) is 18.4. The standard InChI is InChI=1S/C24H18F3N3O3/c25-17-11-12-18(21(27)20(17)26)28-19(31)14-30-22(32)24(29-23(30)33,16-9-5-2-6-10-16)13-15-7-3-1-4-8-15/h1-12H,13-14H2,(H,28,31)(H,29,33)/t24-/m0/s1. The number of hydrogen-bond donors (Lipinski definition) is 2. The van der Waals surface area contributed by atoms with Crippen LogP contribution in [0, 0.1) is 17.5 Å². The molecule has 9 heteroatoms. The lowest BCUT2D eigenvalue weighted by Gasteiger charge is -2.27. The van der Waals surface area contributed by atoms with Gasteiger partial charge in [-0.2, -0.15) is 0 Å². The molecule has 33 heavy (non-hydrogen) atoms. The molecule has 1 fully saturated rings. The highest BCUT2D eigenvalue weighted by molar-refractivity contribution is 6.10. The molecule has 3 aromatic carbocycles. The third-order valence-electron chi connectivity index (χ3n) is 5.37. The van der Waals surface area contributed by atoms with Gasteiger partial charge in [-0.15, -0.1) is 0 Å². The number of urea groups is 1. The Labute approximate surface area is 187 Å². The molecule has 4 amide bonds. The van der Waals surface area contributed by atoms with Crippen LogP contribution in [-0.2, 0) is 21.5 Å². The van der Waals surface area contributed by atoms with Crippen LogP contribution in [0.4, 0.5) is 23.7 Å². The molecule has 1 saturated heterocycles. The van der Waals surface area contributed by atoms with Crippen molar-refractivity contribution in [2.24, 2.45) is 0 Å². The smallest absolute Gasteiger partial charge is 0.322 e. The van der Waals surface area contributed by atoms with Crippen molar-refractivity contribution in [1.29, 1.82) is 0 Å². The van der Waals surface area contributed by atoms with Crippen LogP contribution in [0.15, 0.2) is 72.8 Å². The normalized spacial score (nSPS) is 17.7. The van der Waals surface area contributed by atoms with Crippen molar-refractivity contribution in [3.63, 3.8) is 0 Å². The number of nitrogens with zero attached hydrogens (tertiary/aromatic N) is 1. The molecular weight excluding hydrogens is 435 g/mol. The van der Waals surface area contributed by atoms with E-state index in [1.54, 1.807) is 42.5 Å². The summed E-state index contributed by atoms with van der Waals surface area (Å²) >= 11 is 0. The summed E-state index contributed by atoms with van der Waals surface area (Å²) < 4.78 is 40.4. The molecule has 1 aliphatic rings. The van der Waals surface area contributed by atoms with Gasteiger partial charge in [0.1, 0.15) is 6.54 Å². The summed E-state index contributed by atoms with van der Waals surface area (Å²) in [7, 11) is 0. The molecule has 0 bridgehead atoms. The van der Waals surface area contributed by atoms with E-state index in [1.165, 1.54) is 0 Å². The summed E-state index contributed by atoms with van der Waals surface area (Å²) in [5.74, 6) is -6.35. The van der Waals surface area contributed by atoms with Gasteiger partial charge >= 0.3 is 6.03 Å². The minimum absolute atomic E-state index is 0.137. The summed E-state index contributed by atoms with van der Waals surface area (Å²) in [4.78, 5) is 39.4. The van der Waals surface area contributed by atoms with Crippen LogP contribution in [-0.4, -0.2) is 29.3 Å². The monoisotopic (exact) mass is 453 g/mol. The second kappa shape index (κ2) is 8.78. The van der Waals surface area contributed by atoms with Gasteiger partial charge in [0.15, 0.2) is 23.0 Å². The first kappa shape index (κ1) is 22.1. The molecule has 0 unspecified atom stereocenters. The molecule has 0 saturated carbocycles. The van der Waals surface area contributed by atoms with Crippen molar-refractivity contribution >= 4 is 23.5 Å². The largest absolute Gasteiger partial charge is 0.325 e. The van der Waals surface area contributed by atoms with Gasteiger partial charge in [0.2, 0.25) is 5.91 Å². The van der Waals surface area contributed by atoms with Crippen LogP contribution >= 0.6 is 0 Å². The molecule has 1 atom stereocenters. The van der Waals surface area contributed by atoms with E-state index in [0.29, 0.717) is 16.5 Å². The zero-order chi connectivity index (χ0) is 23.6. The molecule has 3 aromatic rings. The number of anilines is 1. The Hall–Kier alpha value is -4.14. The van der Waals surface area contributed by atoms with E-state index in [2.05, 4.69) is 10.6 Å². The predicted molar refractivity (Wildman–Crippen MR) is 113 cm³/mol. The fourth-order valence-electron chi connectivity index (χ4n) is 3.77. The molecule has 168 valence electrons. The van der Waals surface area contributed by atoms with Crippen LogP contribution in [0.3, 0.4) is 0 Å². The van der Waals surface area contributed by atoms with E-state index >= 15 is 0 Å². The molecule has 0 aromatic heterocycles. The van der Waals surface area contributed by atoms with E-state index in [1.807, 2.05) is 18.2 Å². The van der Waals surface area contributed by atoms with E-state index in [4.69, 9.17) is 0 Å². The second-order valence-electron chi connectivity index (χ2n) is 7.53. The van der Waals surface area contributed by atoms with Crippen LogP contribution in [0.25, 0.3) is 0 Å². The predicted octanol–water partition coefficient (Wildman–Crippen LogP) is 3.73. The number of amides is 4. The first-order valence-corrected chi connectivity index (χ1v) is 9.99. The summed E-state index contributed by atoms with van der Waals surface area (Å²) in [5, 5.41) is 4.77. The number of hydrogen-bond acceptors (Lipinski definition) is 3. The fourth-order valence-corrected chi connectivity index (χ4v) is 3.77. The van der Waals surface area contributed by atoms with Gasteiger partial charge in [0, 0.05) is 6.42 Å². The number of imide groups is 1. The lowest BCUT2D eigenvalue weighted by molar-refractivity contribution is -0.134. The molecule has 2 N–H and O–H groups in total. The molecular formula is C24H18F3N3O3. The van der Waals surface area contributed by atoms with Gasteiger partial charge in [-0.3, -0.25) is 14.5 Å². The lowest BCUT2D eigenvalue weighted by atomic mass is 9.83. The Morgan fingerprint density at radius 3 is 2.18 bits per heavy atom. The van der Waals surface area contributed by atoms with Crippen LogP contribution in [0.1, 0.15) is 11.1 Å². The third-order valence-corrected chi connectivity index (χ3v) is 5.37. The third kappa shape index (κ3) is 4.17. The number of halogens is 3. The maximum absolute atomic E-state index is 13.9. The topological polar surface area (TPSA) is 78.5 Å². The Bertz CT molecular complexity index is 1220. The quantitative estimate of drug-likeness (QED) is 0.441. The van der Waals surface area contributed by atoms with Crippen molar-refractivity contribution in [2.75, 3.05) is 11.9 Å². The van der Waals surface area contributed by atoms with E-state index in [9.17, 15) is 27.6 Å². The fraction of sp³-hybridized carbons (Fsp3) is 0.125. The SMILES string of the molecule is O=C(CN1C(=O)N[C@@](Cc2ccccc2)(c2ccccc2)C1=O)Nc1ccc(F)c(F)c1F. The first-order valence-electron chi connectivity index (χ1n) is 9.99. The van der Waals surface area contributed by atoms with Crippen molar-refractivity contribution in [2.45, 2.75) is 12.0 Å². The van der Waals surface area contributed by atoms with E-state index in [0.717, 1.165) is 11.6 Å². The van der Waals surface area contributed by atoms with Crippen molar-refractivity contribution in [1.82, 2.24) is 10.2 Å². The average molecular weight is 453 g/mol. The van der Waals surface area contributed by atoms with Crippen molar-refractivity contribution in [3.05, 3.63) is 101 Å². The second-order valence-corrected chi connectivity index (χ2v) is 7.53. The highest BCUT2D eigenvalue weighted by Crippen LogP contribution is 2.33. The number of carbonyl (C=O) groups is 3. The van der Waals surface area contributed by atoms with Gasteiger partial charge in [-0.25, -0.2) is 18.0 Å². The van der Waals surface area contributed by atoms with Crippen molar-refractivity contribution in [3.8, 4) is 0 Å². The molecule has 1 heterocycles. The molecule has 4 rings (SSSR count). The van der Waals surface area contributed by atoms with Gasteiger partial charge in [0.05, 0.1) is 5.69 Å². The highest BCUT2D eigenvalue weighted by atomic mass is 19.2. The van der Waals surface area contributed by atoms with Gasteiger partial charge < -0.3 is 10.6 Å². The van der Waals surface area contributed by atoms with Crippen molar-refractivity contribution < 1.29 is 27.6 Å². The first-order chi connectivity index (χ1) is 15.8. The minimum atomic E-state index is -1.74.